The maximum Gasteiger partial charge on any atom is 0.262 e. The minimum absolute atomic E-state index is 0.0671. The highest BCUT2D eigenvalue weighted by atomic mass is 35.5. The molecule has 1 amide bonds. The molecule has 0 bridgehead atoms. The molecule has 2 saturated heterocycles. The molecule has 4 heterocycles. The van der Waals surface area contributed by atoms with E-state index in [4.69, 9.17) is 11.6 Å². The van der Waals surface area contributed by atoms with E-state index in [9.17, 15) is 14.7 Å². The molecule has 0 saturated carbocycles. The van der Waals surface area contributed by atoms with Gasteiger partial charge < -0.3 is 19.5 Å². The molecule has 4 aromatic rings. The lowest BCUT2D eigenvalue weighted by Gasteiger charge is -2.42. The third kappa shape index (κ3) is 5.19. The van der Waals surface area contributed by atoms with Crippen LogP contribution in [0.5, 0.6) is 0 Å². The highest BCUT2D eigenvalue weighted by Gasteiger charge is 2.40. The molecule has 2 aliphatic rings. The number of carbonyl (C=O) groups is 1. The van der Waals surface area contributed by atoms with Crippen molar-refractivity contribution in [1.29, 1.82) is 0 Å². The Hall–Kier alpha value is -3.46. The van der Waals surface area contributed by atoms with Gasteiger partial charge in [0.1, 0.15) is 6.33 Å². The number of rotatable bonds is 5. The number of nitrogens with zero attached hydrogens (tertiary/aromatic N) is 5. The summed E-state index contributed by atoms with van der Waals surface area (Å²) in [6, 6.07) is 19.4. The van der Waals surface area contributed by atoms with Crippen molar-refractivity contribution in [2.45, 2.75) is 37.3 Å². The number of benzene rings is 2. The number of halogens is 1. The zero-order valence-electron chi connectivity index (χ0n) is 22.6. The molecule has 9 heteroatoms. The fraction of sp³-hybridized carbons (Fsp3) is 0.387. The molecule has 0 aliphatic carbocycles. The summed E-state index contributed by atoms with van der Waals surface area (Å²) >= 11 is 6.15. The predicted octanol–water partition coefficient (Wildman–Crippen LogP) is 3.93. The van der Waals surface area contributed by atoms with Crippen LogP contribution >= 0.6 is 11.6 Å². The molecule has 1 N–H and O–H groups in total. The third-order valence-corrected chi connectivity index (χ3v) is 8.82. The first-order chi connectivity index (χ1) is 19.3. The van der Waals surface area contributed by atoms with Crippen molar-refractivity contribution in [3.8, 4) is 5.69 Å². The number of piperidine rings is 2. The molecule has 2 aromatic carbocycles. The summed E-state index contributed by atoms with van der Waals surface area (Å²) in [4.78, 5) is 35.8. The summed E-state index contributed by atoms with van der Waals surface area (Å²) in [7, 11) is 2.11. The van der Waals surface area contributed by atoms with Gasteiger partial charge in [-0.25, -0.2) is 4.98 Å². The summed E-state index contributed by atoms with van der Waals surface area (Å²) in [6.07, 6.45) is 4.96. The van der Waals surface area contributed by atoms with Gasteiger partial charge in [0, 0.05) is 48.4 Å². The number of aromatic nitrogens is 3. The summed E-state index contributed by atoms with van der Waals surface area (Å²) in [5.41, 5.74) is 1.28. The average molecular weight is 560 g/mol. The SMILES string of the molecule is CN1CC[C@@H](C(=O)N2CCC(O)(Cn3cnc4c(ccn4-c4cccc(Cl)c4)c3=O)CC2)[C@H](c2ccccc2)C1. The van der Waals surface area contributed by atoms with Crippen molar-refractivity contribution in [2.75, 3.05) is 33.2 Å². The summed E-state index contributed by atoms with van der Waals surface area (Å²) in [5.74, 6) is 0.262. The molecule has 208 valence electrons. The second-order valence-electron chi connectivity index (χ2n) is 11.3. The molecule has 2 atom stereocenters. The van der Waals surface area contributed by atoms with Crippen molar-refractivity contribution < 1.29 is 9.90 Å². The maximum absolute atomic E-state index is 13.7. The number of carbonyl (C=O) groups excluding carboxylic acids is 1. The lowest BCUT2D eigenvalue weighted by molar-refractivity contribution is -0.142. The van der Waals surface area contributed by atoms with Gasteiger partial charge >= 0.3 is 0 Å². The molecule has 2 fully saturated rings. The first-order valence-corrected chi connectivity index (χ1v) is 14.3. The number of likely N-dealkylation sites (tertiary alicyclic amines) is 2. The van der Waals surface area contributed by atoms with E-state index >= 15 is 0 Å². The zero-order chi connectivity index (χ0) is 27.9. The lowest BCUT2D eigenvalue weighted by atomic mass is 9.79. The Morgan fingerprint density at radius 1 is 1.07 bits per heavy atom. The van der Waals surface area contributed by atoms with E-state index in [1.54, 1.807) is 18.3 Å². The molecule has 6 rings (SSSR count). The highest BCUT2D eigenvalue weighted by molar-refractivity contribution is 6.30. The van der Waals surface area contributed by atoms with Crippen molar-refractivity contribution in [3.05, 3.63) is 94.1 Å². The Morgan fingerprint density at radius 2 is 1.85 bits per heavy atom. The number of hydrogen-bond acceptors (Lipinski definition) is 5. The first-order valence-electron chi connectivity index (χ1n) is 13.9. The van der Waals surface area contributed by atoms with Crippen molar-refractivity contribution in [2.24, 2.45) is 5.92 Å². The standard InChI is InChI=1S/C31H34ClN5O3/c1-34-14-10-25(27(19-34)22-6-3-2-4-7-22)29(38)35-16-12-31(40,13-17-35)20-36-21-33-28-26(30(36)39)11-15-37(28)24-9-5-8-23(32)18-24/h2-9,11,15,18,21,25,27,40H,10,12-14,16-17,19-20H2,1H3/t25-,27+/m1/s1. The number of hydrogen-bond donors (Lipinski definition) is 1. The van der Waals surface area contributed by atoms with Crippen LogP contribution in [0.2, 0.25) is 5.02 Å². The van der Waals surface area contributed by atoms with E-state index in [1.165, 1.54) is 16.5 Å². The van der Waals surface area contributed by atoms with Gasteiger partial charge in [-0.05, 0) is 62.7 Å². The van der Waals surface area contributed by atoms with Crippen molar-refractivity contribution in [1.82, 2.24) is 23.9 Å². The number of likely N-dealkylation sites (N-methyl/N-ethyl adjacent to an activating group) is 1. The molecule has 0 unspecified atom stereocenters. The molecular formula is C31H34ClN5O3. The maximum atomic E-state index is 13.7. The smallest absolute Gasteiger partial charge is 0.262 e. The van der Waals surface area contributed by atoms with Crippen LogP contribution in [-0.4, -0.2) is 73.8 Å². The van der Waals surface area contributed by atoms with Crippen molar-refractivity contribution in [3.63, 3.8) is 0 Å². The molecule has 2 aliphatic heterocycles. The van der Waals surface area contributed by atoms with E-state index in [0.29, 0.717) is 42.0 Å². The van der Waals surface area contributed by atoms with Crippen LogP contribution in [0.15, 0.2) is 78.0 Å². The number of amides is 1. The van der Waals surface area contributed by atoms with E-state index < -0.39 is 5.60 Å². The Bertz CT molecular complexity index is 1570. The molecule has 2 aromatic heterocycles. The zero-order valence-corrected chi connectivity index (χ0v) is 23.4. The lowest BCUT2D eigenvalue weighted by Crippen LogP contribution is -2.52. The molecule has 40 heavy (non-hydrogen) atoms. The van der Waals surface area contributed by atoms with Crippen LogP contribution in [0, 0.1) is 5.92 Å². The minimum atomic E-state index is -1.09. The van der Waals surface area contributed by atoms with Gasteiger partial charge in [-0.15, -0.1) is 0 Å². The summed E-state index contributed by atoms with van der Waals surface area (Å²) in [5, 5.41) is 12.5. The molecule has 0 spiro atoms. The van der Waals surface area contributed by atoms with E-state index in [0.717, 1.165) is 25.2 Å². The Labute approximate surface area is 238 Å². The fourth-order valence-corrected chi connectivity index (χ4v) is 6.49. The Kier molecular flexibility index (Phi) is 7.25. The minimum Gasteiger partial charge on any atom is -0.388 e. The second kappa shape index (κ2) is 10.8. The van der Waals surface area contributed by atoms with E-state index in [2.05, 4.69) is 29.1 Å². The second-order valence-corrected chi connectivity index (χ2v) is 11.7. The van der Waals surface area contributed by atoms with Gasteiger partial charge in [0.2, 0.25) is 5.91 Å². The van der Waals surface area contributed by atoms with Crippen LogP contribution in [0.4, 0.5) is 0 Å². The highest BCUT2D eigenvalue weighted by Crippen LogP contribution is 2.35. The van der Waals surface area contributed by atoms with Gasteiger partial charge in [-0.1, -0.05) is 48.0 Å². The summed E-state index contributed by atoms with van der Waals surface area (Å²) < 4.78 is 3.32. The first kappa shape index (κ1) is 26.7. The van der Waals surface area contributed by atoms with Crippen molar-refractivity contribution >= 4 is 28.5 Å². The van der Waals surface area contributed by atoms with E-state index in [-0.39, 0.29) is 29.8 Å². The van der Waals surface area contributed by atoms with E-state index in [1.807, 2.05) is 45.9 Å². The molecule has 8 nitrogen and oxygen atoms in total. The molecule has 0 radical (unpaired) electrons. The monoisotopic (exact) mass is 559 g/mol. The van der Waals surface area contributed by atoms with Crippen LogP contribution in [0.1, 0.15) is 30.7 Å². The van der Waals surface area contributed by atoms with Gasteiger partial charge in [0.15, 0.2) is 5.65 Å². The topological polar surface area (TPSA) is 83.6 Å². The number of aliphatic hydroxyl groups is 1. The predicted molar refractivity (Wildman–Crippen MR) is 156 cm³/mol. The van der Waals surface area contributed by atoms with Crippen LogP contribution in [0.3, 0.4) is 0 Å². The van der Waals surface area contributed by atoms with Crippen LogP contribution in [0.25, 0.3) is 16.7 Å². The van der Waals surface area contributed by atoms with Crippen LogP contribution in [-0.2, 0) is 11.3 Å². The van der Waals surface area contributed by atoms with Gasteiger partial charge in [0.05, 0.1) is 17.5 Å². The summed E-state index contributed by atoms with van der Waals surface area (Å²) in [6.45, 7) is 2.84. The third-order valence-electron chi connectivity index (χ3n) is 8.59. The van der Waals surface area contributed by atoms with Gasteiger partial charge in [-0.2, -0.15) is 0 Å². The largest absolute Gasteiger partial charge is 0.388 e. The Morgan fingerprint density at radius 3 is 2.60 bits per heavy atom. The van der Waals surface area contributed by atoms with Gasteiger partial charge in [0.25, 0.3) is 5.56 Å². The van der Waals surface area contributed by atoms with Gasteiger partial charge in [-0.3, -0.25) is 14.2 Å². The average Bonchev–Trinajstić information content (AvgIpc) is 3.40. The Balaban J connectivity index is 1.15. The number of fused-ring (bicyclic) bond motifs is 1. The normalized spacial score (nSPS) is 21.5. The van der Waals surface area contributed by atoms with Crippen LogP contribution < -0.4 is 5.56 Å². The molecular weight excluding hydrogens is 526 g/mol. The fourth-order valence-electron chi connectivity index (χ4n) is 6.30. The quantitative estimate of drug-likeness (QED) is 0.401.